The van der Waals surface area contributed by atoms with Crippen molar-refractivity contribution >= 4 is 71.0 Å². The molecule has 2 aromatic heterocycles. The number of ether oxygens (including phenoxy) is 4. The lowest BCUT2D eigenvalue weighted by Gasteiger charge is -2.35. The molecule has 5 rings (SSSR count). The lowest BCUT2D eigenvalue weighted by Crippen LogP contribution is -2.55. The zero-order valence-corrected chi connectivity index (χ0v) is 56.6. The Kier molecular flexibility index (Phi) is 27.2. The molecular formula is C66H96N8O12S2. The number of aromatic nitrogens is 4. The minimum Gasteiger partial charge on any atom is -0.451 e. The maximum absolute atomic E-state index is 15.2. The van der Waals surface area contributed by atoms with Gasteiger partial charge in [-0.15, -0.1) is 23.5 Å². The Morgan fingerprint density at radius 3 is 1.00 bits per heavy atom. The average molecular weight is 1260 g/mol. The first-order valence-electron chi connectivity index (χ1n) is 30.7. The molecule has 0 spiro atoms. The summed E-state index contributed by atoms with van der Waals surface area (Å²) in [5.74, 6) is -7.47. The van der Waals surface area contributed by atoms with Crippen LogP contribution in [-0.2, 0) is 83.2 Å². The van der Waals surface area contributed by atoms with E-state index in [-0.39, 0.29) is 62.2 Å². The molecule has 20 nitrogen and oxygen atoms in total. The summed E-state index contributed by atoms with van der Waals surface area (Å²) in [5.41, 5.74) is 2.94. The van der Waals surface area contributed by atoms with E-state index >= 15 is 9.59 Å². The highest BCUT2D eigenvalue weighted by Gasteiger charge is 2.43. The number of cyclic esters (lactones) is 4. The number of likely N-dealkylation sites (N-methyl/N-ethyl adjacent to an activating group) is 4. The van der Waals surface area contributed by atoms with Crippen LogP contribution in [0.5, 0.6) is 0 Å². The highest BCUT2D eigenvalue weighted by molar-refractivity contribution is 8.00. The molecule has 1 fully saturated rings. The third-order valence-electron chi connectivity index (χ3n) is 15.0. The monoisotopic (exact) mass is 1260 g/mol. The van der Waals surface area contributed by atoms with Gasteiger partial charge in [0.25, 0.3) is 23.6 Å². The lowest BCUT2D eigenvalue weighted by atomic mass is 9.99. The molecule has 0 radical (unpaired) electrons. The van der Waals surface area contributed by atoms with Crippen LogP contribution in [0.15, 0.2) is 83.1 Å². The van der Waals surface area contributed by atoms with Crippen molar-refractivity contribution in [1.29, 1.82) is 0 Å². The zero-order valence-electron chi connectivity index (χ0n) is 55.0. The topological polar surface area (TPSA) is 222 Å². The second kappa shape index (κ2) is 33.2. The molecule has 0 N–H and O–H groups in total. The maximum atomic E-state index is 15.2. The van der Waals surface area contributed by atoms with Crippen LogP contribution < -0.4 is 0 Å². The fraction of sp³-hybridized carbons (Fsp3) is 0.606. The van der Waals surface area contributed by atoms with Crippen molar-refractivity contribution in [2.45, 2.75) is 217 Å². The molecule has 4 aromatic rings. The van der Waals surface area contributed by atoms with Gasteiger partial charge in [0.2, 0.25) is 0 Å². The molecular weight excluding hydrogens is 1160 g/mol. The molecule has 484 valence electrons. The van der Waals surface area contributed by atoms with Crippen molar-refractivity contribution in [3.05, 3.63) is 95.6 Å². The summed E-state index contributed by atoms with van der Waals surface area (Å²) in [6, 6.07) is 9.67. The summed E-state index contributed by atoms with van der Waals surface area (Å²) in [4.78, 5) is 125. The number of esters is 4. The summed E-state index contributed by atoms with van der Waals surface area (Å²) in [5, 5.41) is 9.80. The molecule has 2 aromatic carbocycles. The number of amides is 4. The van der Waals surface area contributed by atoms with Crippen molar-refractivity contribution in [2.24, 2.45) is 23.7 Å². The summed E-state index contributed by atoms with van der Waals surface area (Å²) < 4.78 is 28.1. The Labute approximate surface area is 529 Å². The molecule has 0 unspecified atom stereocenters. The van der Waals surface area contributed by atoms with E-state index in [4.69, 9.17) is 18.9 Å². The van der Waals surface area contributed by atoms with Gasteiger partial charge in [-0.1, -0.05) is 132 Å². The molecule has 8 atom stereocenters. The van der Waals surface area contributed by atoms with Crippen molar-refractivity contribution in [1.82, 2.24) is 39.2 Å². The molecule has 22 heteroatoms. The fourth-order valence-corrected chi connectivity index (χ4v) is 12.2. The molecule has 0 aliphatic carbocycles. The van der Waals surface area contributed by atoms with Gasteiger partial charge in [0.15, 0.2) is 24.4 Å². The highest BCUT2D eigenvalue weighted by Crippen LogP contribution is 2.27. The van der Waals surface area contributed by atoms with Gasteiger partial charge in [-0.3, -0.25) is 28.5 Å². The highest BCUT2D eigenvalue weighted by atomic mass is 32.2. The van der Waals surface area contributed by atoms with Crippen LogP contribution in [0.1, 0.15) is 145 Å². The summed E-state index contributed by atoms with van der Waals surface area (Å²) in [6.07, 6.45) is 1.45. The average Bonchev–Trinajstić information content (AvgIpc) is 4.12. The first-order valence-corrected chi connectivity index (χ1v) is 32.5. The molecule has 1 aliphatic rings. The number of hydrogen-bond donors (Lipinski definition) is 0. The van der Waals surface area contributed by atoms with Crippen LogP contribution in [0, 0.1) is 23.7 Å². The normalized spacial score (nSPS) is 22.4. The molecule has 0 saturated carbocycles. The second-order valence-corrected chi connectivity index (χ2v) is 28.8. The van der Waals surface area contributed by atoms with Gasteiger partial charge < -0.3 is 38.5 Å². The van der Waals surface area contributed by atoms with Crippen molar-refractivity contribution < 1.29 is 57.3 Å². The number of benzene rings is 2. The largest absolute Gasteiger partial charge is 0.451 e. The summed E-state index contributed by atoms with van der Waals surface area (Å²) in [7, 11) is 5.61. The van der Waals surface area contributed by atoms with Crippen LogP contribution in [0.2, 0.25) is 0 Å². The number of rotatable bonds is 20. The Bertz CT molecular complexity index is 2800. The summed E-state index contributed by atoms with van der Waals surface area (Å²) in [6.45, 7) is 26.8. The Morgan fingerprint density at radius 2 is 0.705 bits per heavy atom. The van der Waals surface area contributed by atoms with Crippen LogP contribution in [0.3, 0.4) is 0 Å². The second-order valence-electron chi connectivity index (χ2n) is 25.5. The third-order valence-corrected chi connectivity index (χ3v) is 16.9. The number of thioether (sulfide) groups is 2. The van der Waals surface area contributed by atoms with Crippen LogP contribution in [0.25, 0.3) is 0 Å². The van der Waals surface area contributed by atoms with Crippen molar-refractivity contribution in [3.8, 4) is 0 Å². The molecule has 1 saturated heterocycles. The number of carbonyl (C=O) groups excluding carboxylic acids is 8. The fourth-order valence-electron chi connectivity index (χ4n) is 10.5. The van der Waals surface area contributed by atoms with Gasteiger partial charge in [0.05, 0.1) is 25.5 Å². The first-order chi connectivity index (χ1) is 41.3. The van der Waals surface area contributed by atoms with E-state index < -0.39 is 96.1 Å². The van der Waals surface area contributed by atoms with Gasteiger partial charge in [-0.2, -0.15) is 10.2 Å². The van der Waals surface area contributed by atoms with Gasteiger partial charge in [-0.25, -0.2) is 19.2 Å². The quantitative estimate of drug-likeness (QED) is 0.0457. The van der Waals surface area contributed by atoms with E-state index in [2.05, 4.69) is 37.9 Å². The lowest BCUT2D eigenvalue weighted by molar-refractivity contribution is -0.176. The standard InChI is InChI=1S/C66H96N8O12S2/c1-39(2)25-53-63(79)83-45(13)59(75)69(15)56(28-42(7)8)66(82)86-58(32-48-22-20-24-50(30-48)36-74-38-52(34-68-74)88-44(11)12)62(78)72(18)54(26-40(3)4)64(80)84-46(14)60(76)70(16)55(27-41(5)6)65(81)85-57(61(77)71(53)17)31-47-21-19-23-49(29-47)35-73-37-51(33-67-73)87-43(9)10/h19-24,29-30,33-34,37-46,53-58H,25-28,31-32,35-36H2,1-18H3/t45-,46-,53+,54+,55+,56+,57-,58-/m1/s1. The van der Waals surface area contributed by atoms with Gasteiger partial charge in [-0.05, 0) is 85.5 Å². The van der Waals surface area contributed by atoms with Crippen LogP contribution in [-0.4, -0.2) is 174 Å². The van der Waals surface area contributed by atoms with E-state index in [0.29, 0.717) is 34.7 Å². The maximum Gasteiger partial charge on any atom is 0.329 e. The summed E-state index contributed by atoms with van der Waals surface area (Å²) >= 11 is 3.38. The molecule has 4 amide bonds. The van der Waals surface area contributed by atoms with Crippen molar-refractivity contribution in [2.75, 3.05) is 28.2 Å². The molecule has 88 heavy (non-hydrogen) atoms. The first kappa shape index (κ1) is 72.1. The number of carbonyl (C=O) groups is 8. The Morgan fingerprint density at radius 1 is 0.420 bits per heavy atom. The van der Waals surface area contributed by atoms with Crippen LogP contribution in [0.4, 0.5) is 0 Å². The predicted molar refractivity (Wildman–Crippen MR) is 340 cm³/mol. The molecule has 0 bridgehead atoms. The van der Waals surface area contributed by atoms with E-state index in [1.165, 1.54) is 51.8 Å². The molecule has 3 heterocycles. The third kappa shape index (κ3) is 21.2. The van der Waals surface area contributed by atoms with E-state index in [0.717, 1.165) is 30.7 Å². The zero-order chi connectivity index (χ0) is 65.4. The van der Waals surface area contributed by atoms with Gasteiger partial charge in [0.1, 0.15) is 24.2 Å². The van der Waals surface area contributed by atoms with Gasteiger partial charge in [0, 0.05) is 73.7 Å². The number of nitrogens with zero attached hydrogens (tertiary/aromatic N) is 8. The van der Waals surface area contributed by atoms with E-state index in [1.54, 1.807) is 48.1 Å². The Hall–Kier alpha value is -6.68. The van der Waals surface area contributed by atoms with E-state index in [9.17, 15) is 28.8 Å². The minimum absolute atomic E-state index is 0.0769. The smallest absolute Gasteiger partial charge is 0.329 e. The number of hydrogen-bond acceptors (Lipinski definition) is 16. The van der Waals surface area contributed by atoms with Gasteiger partial charge >= 0.3 is 23.9 Å². The Balaban J connectivity index is 1.60. The van der Waals surface area contributed by atoms with Crippen molar-refractivity contribution in [3.63, 3.8) is 0 Å². The van der Waals surface area contributed by atoms with E-state index in [1.807, 2.05) is 114 Å². The SMILES string of the molecule is CC(C)C[C@H]1C(=O)O[C@H](Cc2cccc(Cn3cc(SC(C)C)cn3)c2)C(=O)N(C)[C@@H](CC(C)C)C(=O)O[C@H](C)C(=O)N(C)[C@@H](CC(C)C)C(=O)O[C@H](Cc2cccc(Cn3cc(SC(C)C)cn3)c2)C(=O)N(C)[C@@H](CC(C)C)C(=O)O[C@H](C)C(=O)N1C. The molecule has 1 aliphatic heterocycles. The minimum atomic E-state index is -1.55. The predicted octanol–water partition coefficient (Wildman–Crippen LogP) is 9.16. The van der Waals surface area contributed by atoms with Crippen LogP contribution >= 0.6 is 23.5 Å².